The molecule has 0 saturated carbocycles. The van der Waals surface area contributed by atoms with E-state index in [0.29, 0.717) is 35.2 Å². The lowest BCUT2D eigenvalue weighted by molar-refractivity contribution is -0.135. The van der Waals surface area contributed by atoms with Gasteiger partial charge in [-0.05, 0) is 54.4 Å². The lowest BCUT2D eigenvalue weighted by atomic mass is 10.1. The number of carbonyl (C=O) groups excluding carboxylic acids is 3. The van der Waals surface area contributed by atoms with Crippen LogP contribution in [0.15, 0.2) is 41.3 Å². The Morgan fingerprint density at radius 1 is 1.12 bits per heavy atom. The van der Waals surface area contributed by atoms with E-state index in [2.05, 4.69) is 0 Å². The Bertz CT molecular complexity index is 1160. The van der Waals surface area contributed by atoms with Crippen LogP contribution in [0.4, 0.5) is 4.79 Å². The fourth-order valence-electron chi connectivity index (χ4n) is 3.72. The molecule has 0 aliphatic carbocycles. The number of carbonyl (C=O) groups is 3. The van der Waals surface area contributed by atoms with Gasteiger partial charge in [0.05, 0.1) is 17.0 Å². The average Bonchev–Trinajstić information content (AvgIpc) is 3.44. The number of ether oxygens (including phenoxy) is 2. The van der Waals surface area contributed by atoms with Gasteiger partial charge >= 0.3 is 0 Å². The van der Waals surface area contributed by atoms with E-state index in [1.807, 2.05) is 18.2 Å². The molecular weight excluding hydrogens is 499 g/mol. The maximum Gasteiger partial charge on any atom is 0.294 e. The molecule has 10 heteroatoms. The summed E-state index contributed by atoms with van der Waals surface area (Å²) in [4.78, 5) is 40.5. The smallest absolute Gasteiger partial charge is 0.294 e. The Kier molecular flexibility index (Phi) is 7.70. The molecule has 2 aliphatic heterocycles. The van der Waals surface area contributed by atoms with Crippen molar-refractivity contribution in [1.29, 1.82) is 0 Å². The van der Waals surface area contributed by atoms with Crippen LogP contribution in [0.1, 0.15) is 24.0 Å². The normalized spacial score (nSPS) is 17.1. The Labute approximate surface area is 211 Å². The van der Waals surface area contributed by atoms with Gasteiger partial charge in [0.25, 0.3) is 11.1 Å². The van der Waals surface area contributed by atoms with Gasteiger partial charge in [0.15, 0.2) is 11.5 Å². The van der Waals surface area contributed by atoms with Crippen molar-refractivity contribution in [2.75, 3.05) is 26.7 Å². The zero-order chi connectivity index (χ0) is 24.2. The molecule has 2 aliphatic rings. The number of thioether (sulfide) groups is 1. The third kappa shape index (κ3) is 5.35. The van der Waals surface area contributed by atoms with Crippen LogP contribution in [0.2, 0.25) is 10.0 Å². The van der Waals surface area contributed by atoms with Crippen molar-refractivity contribution in [2.45, 2.75) is 19.4 Å². The molecule has 4 rings (SSSR count). The second-order valence-electron chi connectivity index (χ2n) is 7.77. The van der Waals surface area contributed by atoms with Gasteiger partial charge in [0.1, 0.15) is 13.2 Å². The van der Waals surface area contributed by atoms with E-state index in [0.717, 1.165) is 35.1 Å². The fourth-order valence-corrected chi connectivity index (χ4v) is 5.02. The summed E-state index contributed by atoms with van der Waals surface area (Å²) in [6.45, 7) is 1.27. The lowest BCUT2D eigenvalue weighted by Gasteiger charge is -2.18. The van der Waals surface area contributed by atoms with E-state index in [4.69, 9.17) is 32.7 Å². The number of amides is 3. The van der Waals surface area contributed by atoms with E-state index in [9.17, 15) is 14.4 Å². The molecule has 2 fully saturated rings. The predicted octanol–water partition coefficient (Wildman–Crippen LogP) is 5.24. The third-order valence-corrected chi connectivity index (χ3v) is 7.06. The van der Waals surface area contributed by atoms with Gasteiger partial charge in [-0.2, -0.15) is 0 Å². The maximum atomic E-state index is 12.8. The van der Waals surface area contributed by atoms with Crippen LogP contribution in [0.3, 0.4) is 0 Å². The van der Waals surface area contributed by atoms with E-state index in [1.54, 1.807) is 29.2 Å². The second-order valence-corrected chi connectivity index (χ2v) is 9.58. The van der Waals surface area contributed by atoms with Crippen LogP contribution in [-0.2, 0) is 16.2 Å². The molecule has 7 nitrogen and oxygen atoms in total. The average molecular weight is 521 g/mol. The monoisotopic (exact) mass is 520 g/mol. The van der Waals surface area contributed by atoms with Crippen LogP contribution >= 0.6 is 35.0 Å². The van der Waals surface area contributed by atoms with E-state index >= 15 is 0 Å². The van der Waals surface area contributed by atoms with Crippen molar-refractivity contribution in [3.8, 4) is 11.5 Å². The molecule has 0 atom stereocenters. The molecule has 3 amide bonds. The topological polar surface area (TPSA) is 76.2 Å². The molecule has 0 bridgehead atoms. The Morgan fingerprint density at radius 2 is 1.85 bits per heavy atom. The highest BCUT2D eigenvalue weighted by Gasteiger charge is 2.37. The maximum absolute atomic E-state index is 12.8. The number of hydrogen-bond donors (Lipinski definition) is 0. The van der Waals surface area contributed by atoms with Crippen molar-refractivity contribution >= 4 is 58.1 Å². The van der Waals surface area contributed by atoms with Crippen molar-refractivity contribution in [3.63, 3.8) is 0 Å². The van der Waals surface area contributed by atoms with Crippen LogP contribution in [-0.4, -0.2) is 53.6 Å². The van der Waals surface area contributed by atoms with Gasteiger partial charge in [-0.3, -0.25) is 19.3 Å². The van der Waals surface area contributed by atoms with Crippen LogP contribution < -0.4 is 9.47 Å². The number of benzene rings is 2. The van der Waals surface area contributed by atoms with Crippen LogP contribution in [0.25, 0.3) is 6.08 Å². The van der Waals surface area contributed by atoms with Gasteiger partial charge < -0.3 is 14.4 Å². The third-order valence-electron chi connectivity index (χ3n) is 5.51. The minimum atomic E-state index is -0.503. The Hall–Kier alpha value is -2.68. The zero-order valence-electron chi connectivity index (χ0n) is 18.4. The molecule has 0 unspecified atom stereocenters. The van der Waals surface area contributed by atoms with E-state index in [-0.39, 0.29) is 29.0 Å². The summed E-state index contributed by atoms with van der Waals surface area (Å²) in [7, 11) is 1.48. The molecule has 2 saturated heterocycles. The molecule has 178 valence electrons. The number of nitrogens with zero attached hydrogens (tertiary/aromatic N) is 2. The molecule has 34 heavy (non-hydrogen) atoms. The minimum absolute atomic E-state index is 0.193. The van der Waals surface area contributed by atoms with Crippen LogP contribution in [0, 0.1) is 0 Å². The number of methoxy groups -OCH3 is 1. The molecule has 2 aromatic carbocycles. The standard InChI is InChI=1S/C24H22Cl2N2O5S/c1-32-19-11-15(10-18(26)22(19)33-14-16-6-2-3-7-17(16)25)12-20-23(30)28(24(31)34-20)13-21(29)27-8-4-5-9-27/h2-3,6-7,10-12H,4-5,8-9,13-14H2,1H3/b20-12+. The minimum Gasteiger partial charge on any atom is -0.493 e. The number of imide groups is 1. The number of hydrogen-bond acceptors (Lipinski definition) is 6. The summed E-state index contributed by atoms with van der Waals surface area (Å²) in [5.41, 5.74) is 1.35. The first kappa shape index (κ1) is 24.4. The Balaban J connectivity index is 1.50. The molecule has 2 aromatic rings. The van der Waals surface area contributed by atoms with Gasteiger partial charge in [-0.1, -0.05) is 41.4 Å². The van der Waals surface area contributed by atoms with Crippen molar-refractivity contribution in [3.05, 3.63) is 62.5 Å². The molecule has 0 radical (unpaired) electrons. The van der Waals surface area contributed by atoms with Gasteiger partial charge in [0.2, 0.25) is 5.91 Å². The SMILES string of the molecule is COc1cc(/C=C2/SC(=O)N(CC(=O)N3CCCC3)C2=O)cc(Cl)c1OCc1ccccc1Cl. The predicted molar refractivity (Wildman–Crippen MR) is 132 cm³/mol. The quantitative estimate of drug-likeness (QED) is 0.464. The molecule has 0 spiro atoms. The van der Waals surface area contributed by atoms with Gasteiger partial charge in [0, 0.05) is 23.7 Å². The first-order valence-corrected chi connectivity index (χ1v) is 12.2. The van der Waals surface area contributed by atoms with E-state index in [1.165, 1.54) is 7.11 Å². The summed E-state index contributed by atoms with van der Waals surface area (Å²) >= 11 is 13.4. The van der Waals surface area contributed by atoms with E-state index < -0.39 is 11.1 Å². The highest BCUT2D eigenvalue weighted by Crippen LogP contribution is 2.39. The van der Waals surface area contributed by atoms with Crippen molar-refractivity contribution in [2.24, 2.45) is 0 Å². The summed E-state index contributed by atoms with van der Waals surface area (Å²) in [5.74, 6) is -0.0118. The summed E-state index contributed by atoms with van der Waals surface area (Å²) < 4.78 is 11.3. The lowest BCUT2D eigenvalue weighted by Crippen LogP contribution is -2.40. The number of halogens is 2. The second kappa shape index (κ2) is 10.7. The Morgan fingerprint density at radius 3 is 2.56 bits per heavy atom. The first-order valence-electron chi connectivity index (χ1n) is 10.6. The highest BCUT2D eigenvalue weighted by molar-refractivity contribution is 8.18. The van der Waals surface area contributed by atoms with Gasteiger partial charge in [-0.15, -0.1) is 0 Å². The summed E-state index contributed by atoms with van der Waals surface area (Å²) in [6.07, 6.45) is 3.43. The molecule has 0 aromatic heterocycles. The molecule has 2 heterocycles. The van der Waals surface area contributed by atoms with Crippen LogP contribution in [0.5, 0.6) is 11.5 Å². The van der Waals surface area contributed by atoms with Crippen molar-refractivity contribution < 1.29 is 23.9 Å². The highest BCUT2D eigenvalue weighted by atomic mass is 35.5. The number of rotatable bonds is 7. The number of likely N-dealkylation sites (tertiary alicyclic amines) is 1. The molecular formula is C24H22Cl2N2O5S. The first-order chi connectivity index (χ1) is 16.4. The van der Waals surface area contributed by atoms with Crippen molar-refractivity contribution in [1.82, 2.24) is 9.80 Å². The summed E-state index contributed by atoms with van der Waals surface area (Å²) in [5, 5.41) is 0.385. The largest absolute Gasteiger partial charge is 0.493 e. The summed E-state index contributed by atoms with van der Waals surface area (Å²) in [6, 6.07) is 10.6. The molecule has 0 N–H and O–H groups in total. The fraction of sp³-hybridized carbons (Fsp3) is 0.292. The zero-order valence-corrected chi connectivity index (χ0v) is 20.7. The van der Waals surface area contributed by atoms with Gasteiger partial charge in [-0.25, -0.2) is 0 Å².